The highest BCUT2D eigenvalue weighted by atomic mass is 35.5. The molecular weight excluding hydrogens is 376 g/mol. The van der Waals surface area contributed by atoms with Gasteiger partial charge in [-0.3, -0.25) is 14.5 Å². The quantitative estimate of drug-likeness (QED) is 0.814. The molecule has 1 aromatic carbocycles. The van der Waals surface area contributed by atoms with Gasteiger partial charge in [0, 0.05) is 36.3 Å². The molecule has 1 aliphatic heterocycles. The van der Waals surface area contributed by atoms with Crippen LogP contribution in [0.4, 0.5) is 10.8 Å². The summed E-state index contributed by atoms with van der Waals surface area (Å²) >= 11 is 7.44. The number of ether oxygens (including phenoxy) is 1. The lowest BCUT2D eigenvalue weighted by Gasteiger charge is -2.25. The molecule has 0 radical (unpaired) electrons. The number of nitrogens with zero attached hydrogens (tertiary/aromatic N) is 2. The van der Waals surface area contributed by atoms with Crippen molar-refractivity contribution in [1.82, 2.24) is 9.88 Å². The highest BCUT2D eigenvalue weighted by Gasteiger charge is 2.23. The zero-order valence-electron chi connectivity index (χ0n) is 14.5. The lowest BCUT2D eigenvalue weighted by molar-refractivity contribution is -0.117. The number of thiazole rings is 1. The van der Waals surface area contributed by atoms with Gasteiger partial charge in [0.25, 0.3) is 0 Å². The fourth-order valence-corrected chi connectivity index (χ4v) is 4.03. The van der Waals surface area contributed by atoms with E-state index >= 15 is 0 Å². The molecular formula is C17H19ClN4O3S. The van der Waals surface area contributed by atoms with Crippen molar-refractivity contribution in [2.45, 2.75) is 19.9 Å². The number of hydrogen-bond donors (Lipinski definition) is 2. The molecule has 7 nitrogen and oxygen atoms in total. The maximum Gasteiger partial charge on any atom is 0.238 e. The zero-order valence-corrected chi connectivity index (χ0v) is 16.0. The van der Waals surface area contributed by atoms with Crippen molar-refractivity contribution in [1.29, 1.82) is 0 Å². The Morgan fingerprint density at radius 1 is 1.38 bits per heavy atom. The number of benzene rings is 1. The predicted molar refractivity (Wildman–Crippen MR) is 102 cm³/mol. The van der Waals surface area contributed by atoms with Crippen LogP contribution in [-0.2, 0) is 22.6 Å². The number of halogens is 1. The van der Waals surface area contributed by atoms with Gasteiger partial charge in [-0.2, -0.15) is 0 Å². The van der Waals surface area contributed by atoms with Gasteiger partial charge in [0.1, 0.15) is 5.75 Å². The number of amides is 2. The Hall–Kier alpha value is -2.16. The second-order valence-corrected chi connectivity index (χ2v) is 7.44. The maximum absolute atomic E-state index is 12.4. The number of carbonyl (C=O) groups excluding carboxylic acids is 2. The van der Waals surface area contributed by atoms with Crippen LogP contribution in [0.3, 0.4) is 0 Å². The number of methoxy groups -OCH3 is 1. The molecule has 138 valence electrons. The van der Waals surface area contributed by atoms with Gasteiger partial charge in [-0.25, -0.2) is 4.98 Å². The van der Waals surface area contributed by atoms with Crippen molar-refractivity contribution < 1.29 is 14.3 Å². The zero-order chi connectivity index (χ0) is 18.7. The summed E-state index contributed by atoms with van der Waals surface area (Å²) < 4.78 is 5.24. The van der Waals surface area contributed by atoms with E-state index in [1.165, 1.54) is 18.3 Å². The molecule has 26 heavy (non-hydrogen) atoms. The van der Waals surface area contributed by atoms with E-state index in [2.05, 4.69) is 15.6 Å². The van der Waals surface area contributed by atoms with Crippen molar-refractivity contribution in [3.05, 3.63) is 33.8 Å². The molecule has 2 aromatic rings. The maximum atomic E-state index is 12.4. The van der Waals surface area contributed by atoms with Crippen molar-refractivity contribution in [3.63, 3.8) is 0 Å². The monoisotopic (exact) mass is 394 g/mol. The number of nitrogens with one attached hydrogen (secondary N) is 2. The first kappa shape index (κ1) is 18.6. The molecule has 2 heterocycles. The van der Waals surface area contributed by atoms with Crippen LogP contribution in [-0.4, -0.2) is 41.9 Å². The molecule has 0 atom stereocenters. The summed E-state index contributed by atoms with van der Waals surface area (Å²) in [5.41, 5.74) is 1.54. The molecule has 0 saturated heterocycles. The molecule has 0 saturated carbocycles. The molecule has 9 heteroatoms. The molecule has 2 N–H and O–H groups in total. The van der Waals surface area contributed by atoms with Gasteiger partial charge < -0.3 is 15.4 Å². The Balaban J connectivity index is 1.61. The van der Waals surface area contributed by atoms with Crippen molar-refractivity contribution in [2.24, 2.45) is 0 Å². The summed E-state index contributed by atoms with van der Waals surface area (Å²) in [6.07, 6.45) is 0.749. The number of anilines is 2. The highest BCUT2D eigenvalue weighted by Crippen LogP contribution is 2.29. The van der Waals surface area contributed by atoms with Gasteiger partial charge >= 0.3 is 0 Å². The SMILES string of the molecule is COc1ccc(Cl)cc1NC(=O)CN1CCc2nc(NC(C)=O)sc2C1. The average molecular weight is 395 g/mol. The van der Waals surface area contributed by atoms with Crippen molar-refractivity contribution >= 4 is 45.6 Å². The second-order valence-electron chi connectivity index (χ2n) is 5.92. The van der Waals surface area contributed by atoms with Crippen LogP contribution in [0.25, 0.3) is 0 Å². The summed E-state index contributed by atoms with van der Waals surface area (Å²) in [5, 5.41) is 6.69. The molecule has 2 amide bonds. The fourth-order valence-electron chi connectivity index (χ4n) is 2.76. The fraction of sp³-hybridized carbons (Fsp3) is 0.353. The van der Waals surface area contributed by atoms with Crippen LogP contribution < -0.4 is 15.4 Å². The van der Waals surface area contributed by atoms with E-state index in [4.69, 9.17) is 16.3 Å². The first-order valence-corrected chi connectivity index (χ1v) is 9.26. The number of hydrogen-bond acceptors (Lipinski definition) is 6. The van der Waals surface area contributed by atoms with Gasteiger partial charge in [-0.05, 0) is 18.2 Å². The summed E-state index contributed by atoms with van der Waals surface area (Å²) in [7, 11) is 1.54. The van der Waals surface area contributed by atoms with Gasteiger partial charge in [0.15, 0.2) is 5.13 Å². The van der Waals surface area contributed by atoms with Gasteiger partial charge in [0.2, 0.25) is 11.8 Å². The molecule has 0 fully saturated rings. The molecule has 0 aliphatic carbocycles. The van der Waals surface area contributed by atoms with E-state index in [0.29, 0.717) is 28.1 Å². The van der Waals surface area contributed by atoms with Crippen LogP contribution in [0.2, 0.25) is 5.02 Å². The van der Waals surface area contributed by atoms with Gasteiger partial charge in [-0.1, -0.05) is 11.6 Å². The van der Waals surface area contributed by atoms with Crippen molar-refractivity contribution in [2.75, 3.05) is 30.8 Å². The van der Waals surface area contributed by atoms with Gasteiger partial charge in [-0.15, -0.1) is 11.3 Å². The molecule has 0 unspecified atom stereocenters. The standard InChI is InChI=1S/C17H19ClN4O3S/c1-10(23)19-17-21-12-5-6-22(8-15(12)26-17)9-16(24)20-13-7-11(18)3-4-14(13)25-2/h3-4,7H,5-6,8-9H2,1-2H3,(H,20,24)(H,19,21,23). The number of carbonyl (C=O) groups is 2. The molecule has 1 aromatic heterocycles. The third-order valence-electron chi connectivity index (χ3n) is 3.90. The Kier molecular flexibility index (Phi) is 5.75. The van der Waals surface area contributed by atoms with E-state index in [1.807, 2.05) is 4.90 Å². The van der Waals surface area contributed by atoms with E-state index in [1.54, 1.807) is 25.3 Å². The van der Waals surface area contributed by atoms with Crippen LogP contribution in [0.5, 0.6) is 5.75 Å². The number of aromatic nitrogens is 1. The van der Waals surface area contributed by atoms with Crippen LogP contribution in [0.15, 0.2) is 18.2 Å². The minimum absolute atomic E-state index is 0.136. The van der Waals surface area contributed by atoms with Crippen LogP contribution in [0, 0.1) is 0 Å². The van der Waals surface area contributed by atoms with E-state index < -0.39 is 0 Å². The Morgan fingerprint density at radius 3 is 2.92 bits per heavy atom. The Labute approximate surface area is 160 Å². The average Bonchev–Trinajstić information content (AvgIpc) is 2.95. The normalized spacial score (nSPS) is 13.8. The first-order valence-electron chi connectivity index (χ1n) is 8.06. The summed E-state index contributed by atoms with van der Waals surface area (Å²) in [4.78, 5) is 31.1. The Bertz CT molecular complexity index is 839. The topological polar surface area (TPSA) is 83.6 Å². The molecule has 0 spiro atoms. The minimum atomic E-state index is -0.138. The Morgan fingerprint density at radius 2 is 2.19 bits per heavy atom. The van der Waals surface area contributed by atoms with Crippen LogP contribution in [0.1, 0.15) is 17.5 Å². The predicted octanol–water partition coefficient (Wildman–Crippen LogP) is 2.76. The van der Waals surface area contributed by atoms with Crippen molar-refractivity contribution in [3.8, 4) is 5.75 Å². The molecule has 0 bridgehead atoms. The highest BCUT2D eigenvalue weighted by molar-refractivity contribution is 7.15. The molecule has 3 rings (SSSR count). The van der Waals surface area contributed by atoms with E-state index in [-0.39, 0.29) is 18.4 Å². The number of fused-ring (bicyclic) bond motifs is 1. The lowest BCUT2D eigenvalue weighted by atomic mass is 10.2. The lowest BCUT2D eigenvalue weighted by Crippen LogP contribution is -2.36. The summed E-state index contributed by atoms with van der Waals surface area (Å²) in [5.74, 6) is 0.287. The first-order chi connectivity index (χ1) is 12.4. The largest absolute Gasteiger partial charge is 0.495 e. The van der Waals surface area contributed by atoms with E-state index in [9.17, 15) is 9.59 Å². The third-order valence-corrected chi connectivity index (χ3v) is 5.13. The summed E-state index contributed by atoms with van der Waals surface area (Å²) in [6.45, 7) is 3.08. The minimum Gasteiger partial charge on any atom is -0.495 e. The third kappa shape index (κ3) is 4.51. The van der Waals surface area contributed by atoms with E-state index in [0.717, 1.165) is 23.5 Å². The number of rotatable bonds is 5. The second kappa shape index (κ2) is 8.03. The van der Waals surface area contributed by atoms with Gasteiger partial charge in [0.05, 0.1) is 25.0 Å². The smallest absolute Gasteiger partial charge is 0.238 e. The molecule has 1 aliphatic rings. The van der Waals surface area contributed by atoms with Crippen LogP contribution >= 0.6 is 22.9 Å². The summed E-state index contributed by atoms with van der Waals surface area (Å²) in [6, 6.07) is 5.08.